The van der Waals surface area contributed by atoms with E-state index in [-0.39, 0.29) is 0 Å². The first-order valence-electron chi connectivity index (χ1n) is 8.76. The van der Waals surface area contributed by atoms with Crippen LogP contribution >= 0.6 is 0 Å². The Morgan fingerprint density at radius 1 is 1.17 bits per heavy atom. The van der Waals surface area contributed by atoms with Crippen LogP contribution in [0.4, 0.5) is 0 Å². The van der Waals surface area contributed by atoms with E-state index in [4.69, 9.17) is 0 Å². The quantitative estimate of drug-likeness (QED) is 0.338. The van der Waals surface area contributed by atoms with Crippen LogP contribution in [0.3, 0.4) is 0 Å². The molecule has 1 aromatic carbocycles. The second-order valence-electron chi connectivity index (χ2n) is 6.11. The predicted molar refractivity (Wildman–Crippen MR) is 107 cm³/mol. The number of hydrogen-bond acceptors (Lipinski definition) is 0. The van der Waals surface area contributed by atoms with Crippen molar-refractivity contribution in [1.29, 1.82) is 0 Å². The van der Waals surface area contributed by atoms with Gasteiger partial charge in [-0.3, -0.25) is 0 Å². The standard InChI is InChI=1S/C23H32/c1-8-13-15-22-21(12-5)18(7)20(11-4)16-23(22)17(6)19(10-3)14-9-2/h9-10,12,16H,2-3,5,8,11,13-15H2,1,4,6-7H3/b19-17+. The summed E-state index contributed by atoms with van der Waals surface area (Å²) in [5.41, 5.74) is 9.52. The Morgan fingerprint density at radius 3 is 2.35 bits per heavy atom. The average Bonchev–Trinajstić information content (AvgIpc) is 2.57. The lowest BCUT2D eigenvalue weighted by molar-refractivity contribution is 0.791. The maximum Gasteiger partial charge on any atom is -0.00975 e. The van der Waals surface area contributed by atoms with Crippen LogP contribution in [0.2, 0.25) is 0 Å². The molecule has 0 N–H and O–H groups in total. The summed E-state index contributed by atoms with van der Waals surface area (Å²) in [5.74, 6) is 0. The number of unbranched alkanes of at least 4 members (excludes halogenated alkanes) is 1. The van der Waals surface area contributed by atoms with Crippen molar-refractivity contribution in [2.24, 2.45) is 0 Å². The van der Waals surface area contributed by atoms with E-state index < -0.39 is 0 Å². The van der Waals surface area contributed by atoms with Crippen molar-refractivity contribution in [3.63, 3.8) is 0 Å². The first-order chi connectivity index (χ1) is 11.0. The molecule has 0 amide bonds. The van der Waals surface area contributed by atoms with Gasteiger partial charge in [0.1, 0.15) is 0 Å². The first-order valence-corrected chi connectivity index (χ1v) is 8.76. The second-order valence-corrected chi connectivity index (χ2v) is 6.11. The zero-order chi connectivity index (χ0) is 17.4. The molecule has 0 nitrogen and oxygen atoms in total. The number of hydrogen-bond donors (Lipinski definition) is 0. The molecule has 0 aliphatic carbocycles. The zero-order valence-corrected chi connectivity index (χ0v) is 15.5. The van der Waals surface area contributed by atoms with Crippen LogP contribution in [0.5, 0.6) is 0 Å². The highest BCUT2D eigenvalue weighted by Crippen LogP contribution is 2.33. The molecular weight excluding hydrogens is 276 g/mol. The summed E-state index contributed by atoms with van der Waals surface area (Å²) < 4.78 is 0. The molecule has 0 saturated carbocycles. The number of rotatable bonds is 9. The molecule has 0 aromatic heterocycles. The summed E-state index contributed by atoms with van der Waals surface area (Å²) in [6.07, 6.45) is 11.4. The molecule has 0 atom stereocenters. The third-order valence-corrected chi connectivity index (χ3v) is 4.72. The SMILES string of the molecule is C=CC/C(C=C)=C(\C)c1cc(CC)c(C)c(C=C)c1CCCC. The molecule has 0 aliphatic heterocycles. The molecular formula is C23H32. The minimum absolute atomic E-state index is 0.862. The van der Waals surface area contributed by atoms with Gasteiger partial charge in [0, 0.05) is 0 Å². The van der Waals surface area contributed by atoms with E-state index >= 15 is 0 Å². The maximum absolute atomic E-state index is 4.09. The molecule has 0 radical (unpaired) electrons. The molecule has 1 aromatic rings. The van der Waals surface area contributed by atoms with Gasteiger partial charge in [-0.25, -0.2) is 0 Å². The highest BCUT2D eigenvalue weighted by Gasteiger charge is 2.15. The van der Waals surface area contributed by atoms with Gasteiger partial charge >= 0.3 is 0 Å². The fraction of sp³-hybridized carbons (Fsp3) is 0.391. The summed E-state index contributed by atoms with van der Waals surface area (Å²) in [4.78, 5) is 0. The van der Waals surface area contributed by atoms with Gasteiger partial charge in [-0.05, 0) is 78.5 Å². The van der Waals surface area contributed by atoms with E-state index in [1.807, 2.05) is 18.2 Å². The van der Waals surface area contributed by atoms with Crippen molar-refractivity contribution in [3.05, 3.63) is 71.3 Å². The maximum atomic E-state index is 4.09. The molecule has 1 rings (SSSR count). The Balaban J connectivity index is 3.69. The number of aryl methyl sites for hydroxylation is 1. The Kier molecular flexibility index (Phi) is 7.81. The third kappa shape index (κ3) is 4.34. The van der Waals surface area contributed by atoms with Gasteiger partial charge in [-0.2, -0.15) is 0 Å². The molecule has 0 spiro atoms. The lowest BCUT2D eigenvalue weighted by Gasteiger charge is -2.20. The lowest BCUT2D eigenvalue weighted by Crippen LogP contribution is -2.04. The second kappa shape index (κ2) is 9.35. The summed E-state index contributed by atoms with van der Waals surface area (Å²) in [7, 11) is 0. The lowest BCUT2D eigenvalue weighted by atomic mass is 9.84. The van der Waals surface area contributed by atoms with Gasteiger partial charge in [0.15, 0.2) is 0 Å². The molecule has 0 saturated heterocycles. The van der Waals surface area contributed by atoms with Crippen molar-refractivity contribution < 1.29 is 0 Å². The summed E-state index contributed by atoms with van der Waals surface area (Å²) in [6, 6.07) is 2.38. The molecule has 0 fully saturated rings. The normalized spacial score (nSPS) is 11.8. The molecule has 0 aliphatic rings. The average molecular weight is 309 g/mol. The van der Waals surface area contributed by atoms with Gasteiger partial charge in [0.25, 0.3) is 0 Å². The Morgan fingerprint density at radius 2 is 1.87 bits per heavy atom. The first kappa shape index (κ1) is 19.2. The monoisotopic (exact) mass is 308 g/mol. The third-order valence-electron chi connectivity index (χ3n) is 4.72. The molecule has 23 heavy (non-hydrogen) atoms. The fourth-order valence-electron chi connectivity index (χ4n) is 3.23. The number of allylic oxidation sites excluding steroid dienone is 4. The van der Waals surface area contributed by atoms with Crippen LogP contribution in [-0.2, 0) is 12.8 Å². The predicted octanol–water partition coefficient (Wildman–Crippen LogP) is 7.08. The van der Waals surface area contributed by atoms with Gasteiger partial charge in [-0.15, -0.1) is 6.58 Å². The van der Waals surface area contributed by atoms with Crippen LogP contribution < -0.4 is 0 Å². The smallest absolute Gasteiger partial charge is 0.00975 e. The fourth-order valence-corrected chi connectivity index (χ4v) is 3.23. The van der Waals surface area contributed by atoms with Gasteiger partial charge in [0.05, 0.1) is 0 Å². The Bertz CT molecular complexity index is 611. The molecule has 0 heterocycles. The van der Waals surface area contributed by atoms with Gasteiger partial charge < -0.3 is 0 Å². The Labute approximate surface area is 143 Å². The van der Waals surface area contributed by atoms with E-state index in [0.717, 1.165) is 19.3 Å². The minimum Gasteiger partial charge on any atom is -0.103 e. The van der Waals surface area contributed by atoms with E-state index in [9.17, 15) is 0 Å². The van der Waals surface area contributed by atoms with Crippen molar-refractivity contribution >= 4 is 11.6 Å². The number of benzene rings is 1. The van der Waals surface area contributed by atoms with Crippen molar-refractivity contribution in [3.8, 4) is 0 Å². The molecule has 0 bridgehead atoms. The molecule has 0 heteroatoms. The van der Waals surface area contributed by atoms with Crippen molar-refractivity contribution in [2.75, 3.05) is 0 Å². The van der Waals surface area contributed by atoms with Crippen molar-refractivity contribution in [1.82, 2.24) is 0 Å². The highest BCUT2D eigenvalue weighted by molar-refractivity contribution is 5.76. The topological polar surface area (TPSA) is 0 Å². The molecule has 0 unspecified atom stereocenters. The van der Waals surface area contributed by atoms with Crippen LogP contribution in [0, 0.1) is 6.92 Å². The van der Waals surface area contributed by atoms with Crippen LogP contribution in [0.25, 0.3) is 11.6 Å². The zero-order valence-electron chi connectivity index (χ0n) is 15.5. The summed E-state index contributed by atoms with van der Waals surface area (Å²) in [5, 5.41) is 0. The molecule has 124 valence electrons. The highest BCUT2D eigenvalue weighted by atomic mass is 14.2. The van der Waals surface area contributed by atoms with E-state index in [0.29, 0.717) is 0 Å². The van der Waals surface area contributed by atoms with Gasteiger partial charge in [0.2, 0.25) is 0 Å². The summed E-state index contributed by atoms with van der Waals surface area (Å²) in [6.45, 7) is 20.9. The van der Waals surface area contributed by atoms with Crippen LogP contribution in [-0.4, -0.2) is 0 Å². The minimum atomic E-state index is 0.862. The van der Waals surface area contributed by atoms with E-state index in [1.54, 1.807) is 0 Å². The summed E-state index contributed by atoms with van der Waals surface area (Å²) >= 11 is 0. The van der Waals surface area contributed by atoms with Crippen LogP contribution in [0.15, 0.2) is 43.5 Å². The van der Waals surface area contributed by atoms with E-state index in [1.165, 1.54) is 51.8 Å². The van der Waals surface area contributed by atoms with Crippen molar-refractivity contribution in [2.45, 2.75) is 59.8 Å². The van der Waals surface area contributed by atoms with E-state index in [2.05, 4.69) is 53.5 Å². The van der Waals surface area contributed by atoms with Crippen LogP contribution in [0.1, 0.15) is 67.9 Å². The largest absolute Gasteiger partial charge is 0.103 e. The Hall–Kier alpha value is -1.82. The van der Waals surface area contributed by atoms with Gasteiger partial charge in [-0.1, -0.05) is 57.7 Å².